The highest BCUT2D eigenvalue weighted by atomic mass is 16.5. The maximum Gasteiger partial charge on any atom is 0.238 e. The monoisotopic (exact) mass is 252 g/mol. The van der Waals surface area contributed by atoms with Crippen LogP contribution in [0.1, 0.15) is 6.92 Å². The molecule has 5 nitrogen and oxygen atoms in total. The second-order valence-corrected chi connectivity index (χ2v) is 3.62. The zero-order valence-corrected chi connectivity index (χ0v) is 10.9. The van der Waals surface area contributed by atoms with Crippen molar-refractivity contribution >= 4 is 11.6 Å². The molecular weight excluding hydrogens is 232 g/mol. The zero-order valence-electron chi connectivity index (χ0n) is 10.9. The van der Waals surface area contributed by atoms with Crippen LogP contribution in [-0.4, -0.2) is 39.3 Å². The molecule has 0 fully saturated rings. The second kappa shape index (κ2) is 8.49. The Morgan fingerprint density at radius 2 is 2.11 bits per heavy atom. The Bertz CT molecular complexity index is 369. The van der Waals surface area contributed by atoms with Crippen LogP contribution in [0, 0.1) is 0 Å². The summed E-state index contributed by atoms with van der Waals surface area (Å²) < 4.78 is 10.3. The lowest BCUT2D eigenvalue weighted by molar-refractivity contribution is -0.115. The molecule has 0 spiro atoms. The predicted molar refractivity (Wildman–Crippen MR) is 71.0 cm³/mol. The van der Waals surface area contributed by atoms with Gasteiger partial charge in [0, 0.05) is 13.2 Å². The van der Waals surface area contributed by atoms with Crippen LogP contribution < -0.4 is 15.4 Å². The molecule has 5 heteroatoms. The number of carbonyl (C=O) groups excluding carboxylic acids is 1. The van der Waals surface area contributed by atoms with E-state index in [0.29, 0.717) is 31.2 Å². The molecule has 1 aromatic carbocycles. The molecule has 0 bridgehead atoms. The van der Waals surface area contributed by atoms with Crippen LogP contribution in [0.3, 0.4) is 0 Å². The molecule has 2 N–H and O–H groups in total. The number of ether oxygens (including phenoxy) is 2. The fraction of sp³-hybridized carbons (Fsp3) is 0.462. The van der Waals surface area contributed by atoms with E-state index in [1.807, 2.05) is 19.1 Å². The lowest BCUT2D eigenvalue weighted by atomic mass is 10.3. The van der Waals surface area contributed by atoms with Gasteiger partial charge < -0.3 is 20.1 Å². The highest BCUT2D eigenvalue weighted by molar-refractivity contribution is 5.93. The molecule has 1 aromatic rings. The molecule has 1 amide bonds. The van der Waals surface area contributed by atoms with E-state index in [2.05, 4.69) is 10.6 Å². The number of nitrogens with one attached hydrogen (secondary N) is 2. The fourth-order valence-corrected chi connectivity index (χ4v) is 1.43. The van der Waals surface area contributed by atoms with Crippen LogP contribution in [0.5, 0.6) is 5.75 Å². The van der Waals surface area contributed by atoms with Crippen molar-refractivity contribution in [2.24, 2.45) is 0 Å². The van der Waals surface area contributed by atoms with Gasteiger partial charge >= 0.3 is 0 Å². The Balaban J connectivity index is 2.31. The summed E-state index contributed by atoms with van der Waals surface area (Å²) in [4.78, 5) is 11.6. The Morgan fingerprint density at radius 3 is 2.83 bits per heavy atom. The van der Waals surface area contributed by atoms with Gasteiger partial charge in [-0.1, -0.05) is 12.1 Å². The number of para-hydroxylation sites is 2. The smallest absolute Gasteiger partial charge is 0.238 e. The van der Waals surface area contributed by atoms with E-state index < -0.39 is 0 Å². The van der Waals surface area contributed by atoms with Crippen molar-refractivity contribution < 1.29 is 14.3 Å². The average Bonchev–Trinajstić information content (AvgIpc) is 2.39. The van der Waals surface area contributed by atoms with Gasteiger partial charge in [0.2, 0.25) is 5.91 Å². The summed E-state index contributed by atoms with van der Waals surface area (Å²) in [7, 11) is 1.57. The molecule has 0 aliphatic rings. The molecule has 0 aliphatic heterocycles. The first-order valence-corrected chi connectivity index (χ1v) is 5.99. The topological polar surface area (TPSA) is 59.6 Å². The number of anilines is 1. The average molecular weight is 252 g/mol. The van der Waals surface area contributed by atoms with Gasteiger partial charge in [0.05, 0.1) is 25.9 Å². The van der Waals surface area contributed by atoms with Gasteiger partial charge in [0.25, 0.3) is 0 Å². The second-order valence-electron chi connectivity index (χ2n) is 3.62. The maximum atomic E-state index is 11.6. The van der Waals surface area contributed by atoms with E-state index in [9.17, 15) is 4.79 Å². The summed E-state index contributed by atoms with van der Waals surface area (Å²) in [5.41, 5.74) is 0.677. The van der Waals surface area contributed by atoms with Crippen LogP contribution in [-0.2, 0) is 9.53 Å². The molecule has 1 rings (SSSR count). The largest absolute Gasteiger partial charge is 0.495 e. The Morgan fingerprint density at radius 1 is 1.33 bits per heavy atom. The minimum Gasteiger partial charge on any atom is -0.495 e. The molecule has 0 radical (unpaired) electrons. The molecule has 100 valence electrons. The lowest BCUT2D eigenvalue weighted by Crippen LogP contribution is -2.30. The van der Waals surface area contributed by atoms with Crippen molar-refractivity contribution in [2.75, 3.05) is 38.7 Å². The zero-order chi connectivity index (χ0) is 13.2. The van der Waals surface area contributed by atoms with Crippen molar-refractivity contribution in [2.45, 2.75) is 6.92 Å². The number of methoxy groups -OCH3 is 1. The number of hydrogen-bond donors (Lipinski definition) is 2. The summed E-state index contributed by atoms with van der Waals surface area (Å²) in [6.07, 6.45) is 0. The minimum atomic E-state index is -0.101. The van der Waals surface area contributed by atoms with Gasteiger partial charge in [-0.2, -0.15) is 0 Å². The summed E-state index contributed by atoms with van der Waals surface area (Å²) in [6, 6.07) is 7.31. The van der Waals surface area contributed by atoms with Gasteiger partial charge in [0.1, 0.15) is 5.75 Å². The maximum absolute atomic E-state index is 11.6. The van der Waals surface area contributed by atoms with E-state index in [1.54, 1.807) is 19.2 Å². The van der Waals surface area contributed by atoms with Crippen molar-refractivity contribution in [1.29, 1.82) is 0 Å². The quantitative estimate of drug-likeness (QED) is 0.684. The van der Waals surface area contributed by atoms with E-state index in [4.69, 9.17) is 9.47 Å². The van der Waals surface area contributed by atoms with Gasteiger partial charge in [0.15, 0.2) is 0 Å². The Hall–Kier alpha value is -1.59. The number of hydrogen-bond acceptors (Lipinski definition) is 4. The summed E-state index contributed by atoms with van der Waals surface area (Å²) in [5.74, 6) is 0.552. The van der Waals surface area contributed by atoms with Gasteiger partial charge in [-0.25, -0.2) is 0 Å². The molecule has 0 aliphatic carbocycles. The van der Waals surface area contributed by atoms with Crippen LogP contribution in [0.25, 0.3) is 0 Å². The van der Waals surface area contributed by atoms with E-state index in [-0.39, 0.29) is 12.5 Å². The van der Waals surface area contributed by atoms with Gasteiger partial charge in [-0.05, 0) is 19.1 Å². The first kappa shape index (κ1) is 14.5. The third-order valence-corrected chi connectivity index (χ3v) is 2.29. The van der Waals surface area contributed by atoms with Crippen molar-refractivity contribution in [3.63, 3.8) is 0 Å². The van der Waals surface area contributed by atoms with E-state index in [0.717, 1.165) is 0 Å². The molecule has 0 aromatic heterocycles. The molecule has 18 heavy (non-hydrogen) atoms. The highest BCUT2D eigenvalue weighted by Crippen LogP contribution is 2.22. The fourth-order valence-electron chi connectivity index (χ4n) is 1.43. The summed E-state index contributed by atoms with van der Waals surface area (Å²) >= 11 is 0. The summed E-state index contributed by atoms with van der Waals surface area (Å²) in [5, 5.41) is 5.78. The molecular formula is C13H20N2O3. The number of rotatable bonds is 8. The molecule has 0 heterocycles. The van der Waals surface area contributed by atoms with Crippen molar-refractivity contribution in [3.8, 4) is 5.75 Å². The van der Waals surface area contributed by atoms with Crippen LogP contribution in [0.15, 0.2) is 24.3 Å². The normalized spacial score (nSPS) is 10.1. The standard InChI is InChI=1S/C13H20N2O3/c1-3-18-9-8-14-10-13(16)15-11-6-4-5-7-12(11)17-2/h4-7,14H,3,8-10H2,1-2H3,(H,15,16). The van der Waals surface area contributed by atoms with Crippen LogP contribution in [0.4, 0.5) is 5.69 Å². The van der Waals surface area contributed by atoms with E-state index >= 15 is 0 Å². The van der Waals surface area contributed by atoms with Crippen LogP contribution >= 0.6 is 0 Å². The van der Waals surface area contributed by atoms with Crippen molar-refractivity contribution in [1.82, 2.24) is 5.32 Å². The molecule has 0 atom stereocenters. The SMILES string of the molecule is CCOCCNCC(=O)Nc1ccccc1OC. The first-order valence-electron chi connectivity index (χ1n) is 5.99. The van der Waals surface area contributed by atoms with Crippen molar-refractivity contribution in [3.05, 3.63) is 24.3 Å². The predicted octanol–water partition coefficient (Wildman–Crippen LogP) is 1.26. The first-order chi connectivity index (χ1) is 8.77. The van der Waals surface area contributed by atoms with Gasteiger partial charge in [-0.3, -0.25) is 4.79 Å². The minimum absolute atomic E-state index is 0.101. The summed E-state index contributed by atoms with van der Waals surface area (Å²) in [6.45, 7) is 4.15. The molecule has 0 saturated heterocycles. The Kier molecular flexibility index (Phi) is 6.83. The third kappa shape index (κ3) is 5.16. The van der Waals surface area contributed by atoms with E-state index in [1.165, 1.54) is 0 Å². The number of amides is 1. The molecule has 0 unspecified atom stereocenters. The lowest BCUT2D eigenvalue weighted by Gasteiger charge is -2.10. The molecule has 0 saturated carbocycles. The number of benzene rings is 1. The third-order valence-electron chi connectivity index (χ3n) is 2.29. The number of carbonyl (C=O) groups is 1. The van der Waals surface area contributed by atoms with Crippen LogP contribution in [0.2, 0.25) is 0 Å². The Labute approximate surface area is 107 Å². The van der Waals surface area contributed by atoms with Gasteiger partial charge in [-0.15, -0.1) is 0 Å². The highest BCUT2D eigenvalue weighted by Gasteiger charge is 2.05.